The number of esters is 3. The Balaban J connectivity index is 1.28. The minimum Gasteiger partial charge on any atom is -0.393 e. The van der Waals surface area contributed by atoms with E-state index in [2.05, 4.69) is 0 Å². The van der Waals surface area contributed by atoms with E-state index in [4.69, 9.17) is 9.47 Å². The number of hydrogen-bond acceptors (Lipinski definition) is 13. The molecule has 2 aromatic carbocycles. The number of ether oxygens (including phenoxy) is 2. The Hall–Kier alpha value is -5.55. The fourth-order valence-corrected chi connectivity index (χ4v) is 6.34. The normalized spacial score (nSPS) is 22.4. The number of likely N-dealkylation sites (N-methyl/N-ethyl adjacent to an activating group) is 1. The molecule has 0 bridgehead atoms. The molecule has 0 spiro atoms. The van der Waals surface area contributed by atoms with Gasteiger partial charge >= 0.3 is 24.0 Å². The van der Waals surface area contributed by atoms with E-state index in [0.717, 1.165) is 36.4 Å². The molecule has 0 radical (unpaired) electrons. The second kappa shape index (κ2) is 13.3. The highest BCUT2D eigenvalue weighted by molar-refractivity contribution is 6.06. The highest BCUT2D eigenvalue weighted by Crippen LogP contribution is 2.47. The molecule has 3 heterocycles. The molecule has 17 heteroatoms. The number of benzene rings is 2. The zero-order valence-electron chi connectivity index (χ0n) is 26.0. The summed E-state index contributed by atoms with van der Waals surface area (Å²) in [5, 5.41) is 32.1. The fourth-order valence-electron chi connectivity index (χ4n) is 6.34. The molecular weight excluding hydrogens is 634 g/mol. The number of hydrogen-bond donors (Lipinski definition) is 1. The van der Waals surface area contributed by atoms with Crippen molar-refractivity contribution in [2.24, 2.45) is 11.8 Å². The molecule has 2 fully saturated rings. The molecule has 3 aliphatic heterocycles. The van der Waals surface area contributed by atoms with Crippen LogP contribution in [0.4, 0.5) is 16.2 Å². The van der Waals surface area contributed by atoms with Crippen LogP contribution >= 0.6 is 0 Å². The van der Waals surface area contributed by atoms with Gasteiger partial charge in [0.05, 0.1) is 39.0 Å². The third-order valence-corrected chi connectivity index (χ3v) is 8.98. The van der Waals surface area contributed by atoms with Gasteiger partial charge in [-0.2, -0.15) is 0 Å². The molecule has 0 aliphatic carbocycles. The Kier molecular flexibility index (Phi) is 9.36. The lowest BCUT2D eigenvalue weighted by Gasteiger charge is -2.46. The van der Waals surface area contributed by atoms with Gasteiger partial charge in [0.1, 0.15) is 5.70 Å². The van der Waals surface area contributed by atoms with E-state index in [9.17, 15) is 49.3 Å². The zero-order chi connectivity index (χ0) is 35.0. The number of nitro benzene ring substituents is 2. The summed E-state index contributed by atoms with van der Waals surface area (Å²) in [6.07, 6.45) is -1.45. The van der Waals surface area contributed by atoms with E-state index >= 15 is 0 Å². The third kappa shape index (κ3) is 6.37. The molecule has 1 N–H and O–H groups in total. The highest BCUT2D eigenvalue weighted by Gasteiger charge is 2.60. The summed E-state index contributed by atoms with van der Waals surface area (Å²) in [4.78, 5) is 89.5. The molecule has 5 atom stereocenters. The number of rotatable bonds is 9. The van der Waals surface area contributed by atoms with Gasteiger partial charge in [-0.1, -0.05) is 6.92 Å². The maximum atomic E-state index is 13.5. The Labute approximate surface area is 272 Å². The molecule has 17 nitrogen and oxygen atoms in total. The smallest absolute Gasteiger partial charge is 0.393 e. The van der Waals surface area contributed by atoms with Crippen molar-refractivity contribution in [1.82, 2.24) is 14.7 Å². The number of fused-ring (bicyclic) bond motifs is 1. The molecule has 0 unspecified atom stereocenters. The predicted molar refractivity (Wildman–Crippen MR) is 162 cm³/mol. The van der Waals surface area contributed by atoms with Crippen molar-refractivity contribution in [3.05, 3.63) is 91.2 Å². The van der Waals surface area contributed by atoms with Gasteiger partial charge in [0.2, 0.25) is 5.91 Å². The maximum Gasteiger partial charge on any atom is 0.417 e. The van der Waals surface area contributed by atoms with Crippen LogP contribution in [-0.2, 0) is 19.1 Å². The van der Waals surface area contributed by atoms with Gasteiger partial charge in [-0.25, -0.2) is 19.2 Å². The van der Waals surface area contributed by atoms with Crippen molar-refractivity contribution in [3.8, 4) is 0 Å². The summed E-state index contributed by atoms with van der Waals surface area (Å²) >= 11 is 0. The molecule has 3 aliphatic rings. The van der Waals surface area contributed by atoms with Crippen molar-refractivity contribution < 1.29 is 48.4 Å². The van der Waals surface area contributed by atoms with E-state index in [1.54, 1.807) is 6.92 Å². The number of likely N-dealkylation sites (tertiary alicyclic amines) is 1. The summed E-state index contributed by atoms with van der Waals surface area (Å²) in [5.41, 5.74) is -0.259. The second-order valence-corrected chi connectivity index (χ2v) is 11.9. The minimum atomic E-state index is -1.08. The molecule has 5 rings (SSSR count). The lowest BCUT2D eigenvalue weighted by molar-refractivity contribution is -0.385. The second-order valence-electron chi connectivity index (χ2n) is 11.9. The Bertz CT molecular complexity index is 1720. The molecule has 0 saturated carbocycles. The SMILES string of the molecule is C[C@@H](O)[C@H]1C(=O)N2C(C(=O)OC(=O)c3ccc([N+](=O)[O-])cc3)=C(CN3CC[C@H](N(C)C(=O)OC(=O)c4ccc([N+](=O)[O-])cc4)C3)[C@H](C)[C@H]12. The van der Waals surface area contributed by atoms with Gasteiger partial charge in [-0.3, -0.25) is 29.9 Å². The molecule has 48 heavy (non-hydrogen) atoms. The average Bonchev–Trinajstić information content (AvgIpc) is 3.61. The zero-order valence-corrected chi connectivity index (χ0v) is 26.0. The van der Waals surface area contributed by atoms with Crippen molar-refractivity contribution >= 4 is 41.3 Å². The van der Waals surface area contributed by atoms with E-state index in [1.807, 2.05) is 4.90 Å². The summed E-state index contributed by atoms with van der Waals surface area (Å²) in [6.45, 7) is 4.19. The lowest BCUT2D eigenvalue weighted by atomic mass is 9.77. The van der Waals surface area contributed by atoms with Gasteiger partial charge in [0.25, 0.3) is 11.4 Å². The quantitative estimate of drug-likeness (QED) is 0.134. The number of amides is 2. The summed E-state index contributed by atoms with van der Waals surface area (Å²) in [5.74, 6) is -4.80. The molecule has 2 aromatic rings. The number of carbonyl (C=O) groups is 5. The van der Waals surface area contributed by atoms with Gasteiger partial charge in [-0.05, 0) is 43.2 Å². The third-order valence-electron chi connectivity index (χ3n) is 8.98. The molecule has 2 saturated heterocycles. The van der Waals surface area contributed by atoms with Crippen LogP contribution in [0.3, 0.4) is 0 Å². The number of aliphatic hydroxyl groups excluding tert-OH is 1. The van der Waals surface area contributed by atoms with Crippen LogP contribution in [-0.4, -0.2) is 104 Å². The van der Waals surface area contributed by atoms with Gasteiger partial charge in [0.15, 0.2) is 0 Å². The van der Waals surface area contributed by atoms with Crippen molar-refractivity contribution in [2.75, 3.05) is 26.7 Å². The number of carbonyl (C=O) groups excluding carboxylic acids is 5. The highest BCUT2D eigenvalue weighted by atomic mass is 16.6. The molecular formula is C31H31N5O12. The maximum absolute atomic E-state index is 13.5. The van der Waals surface area contributed by atoms with Crippen molar-refractivity contribution in [1.29, 1.82) is 0 Å². The van der Waals surface area contributed by atoms with Crippen LogP contribution < -0.4 is 0 Å². The average molecular weight is 666 g/mol. The van der Waals surface area contributed by atoms with E-state index in [1.165, 1.54) is 35.9 Å². The molecule has 252 valence electrons. The number of non-ortho nitro benzene ring substituents is 2. The van der Waals surface area contributed by atoms with Crippen LogP contribution in [0.5, 0.6) is 0 Å². The summed E-state index contributed by atoms with van der Waals surface area (Å²) in [6, 6.07) is 8.12. The topological polar surface area (TPSA) is 220 Å². The minimum absolute atomic E-state index is 0.0429. The Morgan fingerprint density at radius 1 is 0.938 bits per heavy atom. The Morgan fingerprint density at radius 2 is 1.46 bits per heavy atom. The van der Waals surface area contributed by atoms with Gasteiger partial charge < -0.3 is 24.4 Å². The van der Waals surface area contributed by atoms with Crippen LogP contribution in [0.15, 0.2) is 59.8 Å². The van der Waals surface area contributed by atoms with E-state index < -0.39 is 69.8 Å². The van der Waals surface area contributed by atoms with Gasteiger partial charge in [0, 0.05) is 62.9 Å². The molecule has 0 aromatic heterocycles. The van der Waals surface area contributed by atoms with Crippen LogP contribution in [0, 0.1) is 32.1 Å². The predicted octanol–water partition coefficient (Wildman–Crippen LogP) is 2.28. The lowest BCUT2D eigenvalue weighted by Crippen LogP contribution is -2.63. The van der Waals surface area contributed by atoms with Crippen LogP contribution in [0.2, 0.25) is 0 Å². The number of nitro groups is 2. The standard InChI is InChI=1S/C31H31N5O12/c1-16-23(15-33-13-12-22(14-33)32(3)31(42)48-29(40)19-6-10-21(11-7-19)36(45)46)26(34-25(16)24(17(2)37)27(34)38)30(41)47-28(39)18-4-8-20(9-5-18)35(43)44/h4-11,16-17,22,24-25,37H,12-15H2,1-3H3/t16-,17+,22-,24+,25+/m0/s1. The first kappa shape index (κ1) is 33.8. The largest absolute Gasteiger partial charge is 0.417 e. The number of nitrogens with zero attached hydrogens (tertiary/aromatic N) is 5. The monoisotopic (exact) mass is 665 g/mol. The summed E-state index contributed by atoms with van der Waals surface area (Å²) < 4.78 is 10.1. The van der Waals surface area contributed by atoms with Crippen molar-refractivity contribution in [3.63, 3.8) is 0 Å². The fraction of sp³-hybridized carbons (Fsp3) is 0.387. The number of β-lactam (4-membered cyclic amide) rings is 1. The van der Waals surface area contributed by atoms with Crippen LogP contribution in [0.1, 0.15) is 41.0 Å². The first-order valence-electron chi connectivity index (χ1n) is 14.9. The van der Waals surface area contributed by atoms with Crippen molar-refractivity contribution in [2.45, 2.75) is 38.5 Å². The first-order valence-corrected chi connectivity index (χ1v) is 14.9. The van der Waals surface area contributed by atoms with Gasteiger partial charge in [-0.15, -0.1) is 0 Å². The van der Waals surface area contributed by atoms with E-state index in [0.29, 0.717) is 25.1 Å². The van der Waals surface area contributed by atoms with Crippen LogP contribution in [0.25, 0.3) is 0 Å². The summed E-state index contributed by atoms with van der Waals surface area (Å²) in [7, 11) is 1.46. The number of aliphatic hydroxyl groups is 1. The molecule has 2 amide bonds. The Morgan fingerprint density at radius 3 is 1.96 bits per heavy atom. The van der Waals surface area contributed by atoms with E-state index in [-0.39, 0.29) is 34.7 Å². The first-order chi connectivity index (χ1) is 22.7.